The van der Waals surface area contributed by atoms with E-state index in [2.05, 4.69) is 5.32 Å². The number of carbonyl (C=O) groups is 2. The Labute approximate surface area is 214 Å². The minimum atomic E-state index is -3.83. The summed E-state index contributed by atoms with van der Waals surface area (Å²) >= 11 is 0. The van der Waals surface area contributed by atoms with E-state index in [0.29, 0.717) is 23.6 Å². The fourth-order valence-corrected chi connectivity index (χ4v) is 4.56. The highest BCUT2D eigenvalue weighted by atomic mass is 32.2. The second kappa shape index (κ2) is 12.1. The molecule has 0 aliphatic carbocycles. The van der Waals surface area contributed by atoms with Gasteiger partial charge in [-0.1, -0.05) is 25.1 Å². The number of amides is 2. The van der Waals surface area contributed by atoms with E-state index < -0.39 is 34.1 Å². The molecule has 0 radical (unpaired) electrons. The van der Waals surface area contributed by atoms with E-state index >= 15 is 0 Å². The lowest BCUT2D eigenvalue weighted by Crippen LogP contribution is -2.55. The first kappa shape index (κ1) is 29.0. The Bertz CT molecular complexity index is 1160. The van der Waals surface area contributed by atoms with Crippen LogP contribution in [0.25, 0.3) is 0 Å². The number of hydrogen-bond acceptors (Lipinski definition) is 6. The summed E-state index contributed by atoms with van der Waals surface area (Å²) in [7, 11) is -0.803. The van der Waals surface area contributed by atoms with Crippen LogP contribution in [-0.4, -0.2) is 63.7 Å². The van der Waals surface area contributed by atoms with E-state index in [1.807, 2.05) is 33.8 Å². The maximum atomic E-state index is 13.7. The molecule has 2 aromatic rings. The molecular weight excluding hydrogens is 482 g/mol. The van der Waals surface area contributed by atoms with E-state index in [4.69, 9.17) is 9.47 Å². The van der Waals surface area contributed by atoms with Crippen LogP contribution >= 0.6 is 0 Å². The first-order chi connectivity index (χ1) is 16.8. The van der Waals surface area contributed by atoms with Crippen molar-refractivity contribution < 1.29 is 27.5 Å². The molecule has 1 atom stereocenters. The zero-order valence-corrected chi connectivity index (χ0v) is 22.9. The highest BCUT2D eigenvalue weighted by molar-refractivity contribution is 7.92. The van der Waals surface area contributed by atoms with Gasteiger partial charge in [-0.25, -0.2) is 8.42 Å². The van der Waals surface area contributed by atoms with Crippen molar-refractivity contribution in [1.29, 1.82) is 0 Å². The van der Waals surface area contributed by atoms with Gasteiger partial charge in [-0.2, -0.15) is 0 Å². The molecule has 1 N–H and O–H groups in total. The summed E-state index contributed by atoms with van der Waals surface area (Å²) in [5.74, 6) is 0.245. The number of ether oxygens (including phenoxy) is 2. The van der Waals surface area contributed by atoms with Crippen molar-refractivity contribution in [3.63, 3.8) is 0 Å². The van der Waals surface area contributed by atoms with Crippen molar-refractivity contribution >= 4 is 27.5 Å². The number of nitrogens with one attached hydrogen (secondary N) is 1. The molecule has 36 heavy (non-hydrogen) atoms. The lowest BCUT2D eigenvalue weighted by atomic mass is 10.1. The molecule has 0 spiro atoms. The van der Waals surface area contributed by atoms with E-state index in [9.17, 15) is 18.0 Å². The number of methoxy groups -OCH3 is 2. The third-order valence-corrected chi connectivity index (χ3v) is 6.53. The Morgan fingerprint density at radius 2 is 1.58 bits per heavy atom. The van der Waals surface area contributed by atoms with Gasteiger partial charge in [0.2, 0.25) is 21.8 Å². The molecule has 0 saturated carbocycles. The highest BCUT2D eigenvalue weighted by Crippen LogP contribution is 2.24. The van der Waals surface area contributed by atoms with Gasteiger partial charge in [-0.3, -0.25) is 13.9 Å². The number of hydrogen-bond donors (Lipinski definition) is 1. The molecule has 0 heterocycles. The van der Waals surface area contributed by atoms with E-state index in [1.165, 1.54) is 12.0 Å². The average Bonchev–Trinajstić information content (AvgIpc) is 2.80. The lowest BCUT2D eigenvalue weighted by molar-refractivity contribution is -0.141. The van der Waals surface area contributed by atoms with Crippen LogP contribution in [0.4, 0.5) is 5.69 Å². The lowest BCUT2D eigenvalue weighted by Gasteiger charge is -2.34. The van der Waals surface area contributed by atoms with Gasteiger partial charge in [0, 0.05) is 18.2 Å². The first-order valence-corrected chi connectivity index (χ1v) is 13.5. The molecule has 0 aromatic heterocycles. The molecule has 1 unspecified atom stereocenters. The quantitative estimate of drug-likeness (QED) is 0.489. The summed E-state index contributed by atoms with van der Waals surface area (Å²) in [6.07, 6.45) is 1.38. The standard InChI is InChI=1S/C26H37N3O6S/c1-8-23(25(31)27-26(2,3)4)28(17-19-11-9-13-21(15-19)34-5)24(30)18-29(36(7,32)33)20-12-10-14-22(16-20)35-6/h9-16,23H,8,17-18H2,1-7H3,(H,27,31). The molecule has 0 aliphatic rings. The Balaban J connectivity index is 2.49. The number of nitrogens with zero attached hydrogens (tertiary/aromatic N) is 2. The Morgan fingerprint density at radius 1 is 1.00 bits per heavy atom. The monoisotopic (exact) mass is 519 g/mol. The zero-order chi connectivity index (χ0) is 27.1. The summed E-state index contributed by atoms with van der Waals surface area (Å²) < 4.78 is 37.0. The Morgan fingerprint density at radius 3 is 2.11 bits per heavy atom. The molecule has 2 amide bonds. The third-order valence-electron chi connectivity index (χ3n) is 5.39. The van der Waals surface area contributed by atoms with Gasteiger partial charge in [0.15, 0.2) is 0 Å². The number of carbonyl (C=O) groups excluding carboxylic acids is 2. The summed E-state index contributed by atoms with van der Waals surface area (Å²) in [5.41, 5.74) is 0.532. The largest absolute Gasteiger partial charge is 0.497 e. The summed E-state index contributed by atoms with van der Waals surface area (Å²) in [4.78, 5) is 28.4. The number of benzene rings is 2. The van der Waals surface area contributed by atoms with E-state index in [1.54, 1.807) is 49.6 Å². The van der Waals surface area contributed by atoms with E-state index in [0.717, 1.165) is 16.1 Å². The average molecular weight is 520 g/mol. The first-order valence-electron chi connectivity index (χ1n) is 11.6. The van der Waals surface area contributed by atoms with Crippen molar-refractivity contribution in [2.45, 2.75) is 52.2 Å². The normalized spacial score (nSPS) is 12.4. The second-order valence-corrected chi connectivity index (χ2v) is 11.4. The Kier molecular flexibility index (Phi) is 9.75. The van der Waals surface area contributed by atoms with Gasteiger partial charge in [0.05, 0.1) is 26.2 Å². The van der Waals surface area contributed by atoms with Gasteiger partial charge < -0.3 is 19.7 Å². The SMILES string of the molecule is CCC(C(=O)NC(C)(C)C)N(Cc1cccc(OC)c1)C(=O)CN(c1cccc(OC)c1)S(C)(=O)=O. The van der Waals surface area contributed by atoms with Crippen molar-refractivity contribution in [2.24, 2.45) is 0 Å². The van der Waals surface area contributed by atoms with Crippen molar-refractivity contribution in [3.05, 3.63) is 54.1 Å². The molecule has 10 heteroatoms. The van der Waals surface area contributed by atoms with Crippen LogP contribution in [0.1, 0.15) is 39.7 Å². The number of rotatable bonds is 11. The van der Waals surface area contributed by atoms with Crippen LogP contribution in [0.3, 0.4) is 0 Å². The Hall–Kier alpha value is -3.27. The minimum absolute atomic E-state index is 0.0990. The fourth-order valence-electron chi connectivity index (χ4n) is 3.72. The van der Waals surface area contributed by atoms with Gasteiger partial charge in [0.1, 0.15) is 24.1 Å². The summed E-state index contributed by atoms with van der Waals surface area (Å²) in [6, 6.07) is 12.9. The van der Waals surface area contributed by atoms with Crippen molar-refractivity contribution in [1.82, 2.24) is 10.2 Å². The van der Waals surface area contributed by atoms with Gasteiger partial charge in [-0.05, 0) is 57.0 Å². The maximum absolute atomic E-state index is 13.7. The second-order valence-electron chi connectivity index (χ2n) is 9.51. The predicted molar refractivity (Wildman–Crippen MR) is 141 cm³/mol. The molecule has 2 aromatic carbocycles. The third kappa shape index (κ3) is 8.15. The topological polar surface area (TPSA) is 105 Å². The van der Waals surface area contributed by atoms with Crippen molar-refractivity contribution in [2.75, 3.05) is 31.3 Å². The van der Waals surface area contributed by atoms with Crippen LogP contribution in [0, 0.1) is 0 Å². The summed E-state index contributed by atoms with van der Waals surface area (Å²) in [6.45, 7) is 7.02. The smallest absolute Gasteiger partial charge is 0.244 e. The number of anilines is 1. The molecule has 0 fully saturated rings. The highest BCUT2D eigenvalue weighted by Gasteiger charge is 2.33. The van der Waals surface area contributed by atoms with E-state index in [-0.39, 0.29) is 12.5 Å². The number of sulfonamides is 1. The maximum Gasteiger partial charge on any atom is 0.244 e. The molecule has 0 bridgehead atoms. The van der Waals surface area contributed by atoms with Crippen LogP contribution in [0.15, 0.2) is 48.5 Å². The fraction of sp³-hybridized carbons (Fsp3) is 0.462. The van der Waals surface area contributed by atoms with Crippen LogP contribution < -0.4 is 19.1 Å². The van der Waals surface area contributed by atoms with Gasteiger partial charge in [0.25, 0.3) is 0 Å². The molecule has 198 valence electrons. The summed E-state index contributed by atoms with van der Waals surface area (Å²) in [5, 5.41) is 2.94. The van der Waals surface area contributed by atoms with Gasteiger partial charge in [-0.15, -0.1) is 0 Å². The van der Waals surface area contributed by atoms with Crippen LogP contribution in [-0.2, 0) is 26.2 Å². The molecule has 0 aliphatic heterocycles. The molecular formula is C26H37N3O6S. The molecule has 0 saturated heterocycles. The van der Waals surface area contributed by atoms with Crippen molar-refractivity contribution in [3.8, 4) is 11.5 Å². The minimum Gasteiger partial charge on any atom is -0.497 e. The molecule has 2 rings (SSSR count). The predicted octanol–water partition coefficient (Wildman–Crippen LogP) is 3.19. The zero-order valence-electron chi connectivity index (χ0n) is 22.1. The van der Waals surface area contributed by atoms with Crippen LogP contribution in [0.2, 0.25) is 0 Å². The molecule has 9 nitrogen and oxygen atoms in total. The van der Waals surface area contributed by atoms with Gasteiger partial charge >= 0.3 is 0 Å². The van der Waals surface area contributed by atoms with Crippen LogP contribution in [0.5, 0.6) is 11.5 Å².